The van der Waals surface area contributed by atoms with Gasteiger partial charge in [0, 0.05) is 18.5 Å². The number of hydrogen-bond donors (Lipinski definition) is 1. The Balaban J connectivity index is 2.45. The van der Waals surface area contributed by atoms with Gasteiger partial charge in [0.15, 0.2) is 0 Å². The zero-order valence-electron chi connectivity index (χ0n) is 8.97. The van der Waals surface area contributed by atoms with Crippen molar-refractivity contribution in [3.8, 4) is 0 Å². The fourth-order valence-corrected chi connectivity index (χ4v) is 1.37. The minimum absolute atomic E-state index is 0.100. The molecule has 84 valence electrons. The first-order valence-electron chi connectivity index (χ1n) is 5.31. The van der Waals surface area contributed by atoms with Gasteiger partial charge in [0.05, 0.1) is 0 Å². The molecule has 0 aliphatic carbocycles. The van der Waals surface area contributed by atoms with Gasteiger partial charge in [0.25, 0.3) is 5.92 Å². The van der Waals surface area contributed by atoms with Crippen LogP contribution < -0.4 is 5.32 Å². The molecule has 0 atom stereocenters. The van der Waals surface area contributed by atoms with Crippen LogP contribution in [0.2, 0.25) is 0 Å². The van der Waals surface area contributed by atoms with Crippen LogP contribution in [0.4, 0.5) is 8.78 Å². The molecule has 0 bridgehead atoms. The Labute approximate surface area is 89.5 Å². The topological polar surface area (TPSA) is 12.0 Å². The van der Waals surface area contributed by atoms with Crippen molar-refractivity contribution in [1.29, 1.82) is 0 Å². The minimum atomic E-state index is -2.72. The van der Waals surface area contributed by atoms with Crippen LogP contribution in [0, 0.1) is 0 Å². The van der Waals surface area contributed by atoms with E-state index in [2.05, 4.69) is 5.32 Å². The summed E-state index contributed by atoms with van der Waals surface area (Å²) in [6, 6.07) is 7.97. The molecule has 0 unspecified atom stereocenters. The van der Waals surface area contributed by atoms with Gasteiger partial charge in [-0.05, 0) is 13.0 Å². The molecule has 0 fully saturated rings. The molecule has 0 aromatic heterocycles. The third-order valence-corrected chi connectivity index (χ3v) is 2.24. The number of alkyl halides is 2. The van der Waals surface area contributed by atoms with Crippen LogP contribution in [-0.2, 0) is 5.92 Å². The number of hydrogen-bond acceptors (Lipinski definition) is 1. The molecule has 0 saturated heterocycles. The lowest BCUT2D eigenvalue weighted by Crippen LogP contribution is -2.23. The van der Waals surface area contributed by atoms with Crippen molar-refractivity contribution in [2.24, 2.45) is 0 Å². The Bertz CT molecular complexity index is 272. The van der Waals surface area contributed by atoms with Crippen molar-refractivity contribution in [3.63, 3.8) is 0 Å². The van der Waals surface area contributed by atoms with E-state index in [1.165, 1.54) is 12.1 Å². The van der Waals surface area contributed by atoms with E-state index in [9.17, 15) is 8.78 Å². The SMILES string of the molecule is CCCNCCC(F)(F)c1ccccc1. The standard InChI is InChI=1S/C12H17F2N/c1-2-9-15-10-8-12(13,14)11-6-4-3-5-7-11/h3-7,15H,2,8-10H2,1H3. The second-order valence-corrected chi connectivity index (χ2v) is 3.57. The summed E-state index contributed by atoms with van der Waals surface area (Å²) in [5, 5.41) is 2.98. The molecule has 15 heavy (non-hydrogen) atoms. The zero-order chi connectivity index (χ0) is 11.1. The summed E-state index contributed by atoms with van der Waals surface area (Å²) in [5.41, 5.74) is 0.100. The van der Waals surface area contributed by atoms with E-state index in [4.69, 9.17) is 0 Å². The highest BCUT2D eigenvalue weighted by atomic mass is 19.3. The Hall–Kier alpha value is -0.960. The van der Waals surface area contributed by atoms with Crippen molar-refractivity contribution in [1.82, 2.24) is 5.32 Å². The number of benzene rings is 1. The molecule has 0 amide bonds. The molecular weight excluding hydrogens is 196 g/mol. The van der Waals surface area contributed by atoms with E-state index in [-0.39, 0.29) is 12.0 Å². The molecular formula is C12H17F2N. The first kappa shape index (κ1) is 12.1. The maximum atomic E-state index is 13.5. The van der Waals surface area contributed by atoms with Gasteiger partial charge in [-0.15, -0.1) is 0 Å². The van der Waals surface area contributed by atoms with E-state index in [1.807, 2.05) is 6.92 Å². The average Bonchev–Trinajstić information content (AvgIpc) is 2.26. The lowest BCUT2D eigenvalue weighted by Gasteiger charge is -2.16. The fourth-order valence-electron chi connectivity index (χ4n) is 1.37. The number of rotatable bonds is 6. The van der Waals surface area contributed by atoms with Gasteiger partial charge in [0.1, 0.15) is 0 Å². The predicted octanol–water partition coefficient (Wildman–Crippen LogP) is 3.17. The molecule has 0 heterocycles. The summed E-state index contributed by atoms with van der Waals surface area (Å²) < 4.78 is 27.1. The maximum absolute atomic E-state index is 13.5. The van der Waals surface area contributed by atoms with Gasteiger partial charge >= 0.3 is 0 Å². The highest BCUT2D eigenvalue weighted by molar-refractivity contribution is 5.19. The predicted molar refractivity (Wildman–Crippen MR) is 58.1 cm³/mol. The van der Waals surface area contributed by atoms with Crippen molar-refractivity contribution in [3.05, 3.63) is 35.9 Å². The first-order chi connectivity index (χ1) is 7.17. The van der Waals surface area contributed by atoms with Gasteiger partial charge in [-0.1, -0.05) is 37.3 Å². The summed E-state index contributed by atoms with van der Waals surface area (Å²) >= 11 is 0. The Kier molecular flexibility index (Phi) is 4.69. The van der Waals surface area contributed by atoms with Crippen LogP contribution in [0.5, 0.6) is 0 Å². The van der Waals surface area contributed by atoms with E-state index in [0.717, 1.165) is 13.0 Å². The normalized spacial score (nSPS) is 11.7. The van der Waals surface area contributed by atoms with Crippen molar-refractivity contribution < 1.29 is 8.78 Å². The highest BCUT2D eigenvalue weighted by Crippen LogP contribution is 2.30. The Morgan fingerprint density at radius 3 is 2.40 bits per heavy atom. The van der Waals surface area contributed by atoms with E-state index >= 15 is 0 Å². The van der Waals surface area contributed by atoms with Crippen LogP contribution in [-0.4, -0.2) is 13.1 Å². The molecule has 3 heteroatoms. The van der Waals surface area contributed by atoms with Gasteiger partial charge in [0.2, 0.25) is 0 Å². The van der Waals surface area contributed by atoms with Crippen LogP contribution in [0.1, 0.15) is 25.3 Å². The molecule has 0 spiro atoms. The molecule has 1 N–H and O–H groups in total. The number of nitrogens with one attached hydrogen (secondary N) is 1. The maximum Gasteiger partial charge on any atom is 0.274 e. The molecule has 1 rings (SSSR count). The molecule has 1 aromatic carbocycles. The highest BCUT2D eigenvalue weighted by Gasteiger charge is 2.30. The van der Waals surface area contributed by atoms with Gasteiger partial charge < -0.3 is 5.32 Å². The van der Waals surface area contributed by atoms with Crippen LogP contribution >= 0.6 is 0 Å². The van der Waals surface area contributed by atoms with Gasteiger partial charge in [-0.25, -0.2) is 8.78 Å². The smallest absolute Gasteiger partial charge is 0.274 e. The van der Waals surface area contributed by atoms with E-state index in [0.29, 0.717) is 6.54 Å². The second kappa shape index (κ2) is 5.81. The summed E-state index contributed by atoms with van der Waals surface area (Å²) in [6.07, 6.45) is 0.827. The van der Waals surface area contributed by atoms with E-state index in [1.54, 1.807) is 18.2 Å². The largest absolute Gasteiger partial charge is 0.317 e. The van der Waals surface area contributed by atoms with Crippen molar-refractivity contribution in [2.45, 2.75) is 25.7 Å². The molecule has 1 aromatic rings. The first-order valence-corrected chi connectivity index (χ1v) is 5.31. The van der Waals surface area contributed by atoms with E-state index < -0.39 is 5.92 Å². The monoisotopic (exact) mass is 213 g/mol. The minimum Gasteiger partial charge on any atom is -0.317 e. The molecule has 0 radical (unpaired) electrons. The lowest BCUT2D eigenvalue weighted by atomic mass is 10.1. The third-order valence-electron chi connectivity index (χ3n) is 2.24. The molecule has 0 aliphatic heterocycles. The molecule has 1 nitrogen and oxygen atoms in total. The lowest BCUT2D eigenvalue weighted by molar-refractivity contribution is -0.0127. The molecule has 0 saturated carbocycles. The zero-order valence-corrected chi connectivity index (χ0v) is 8.97. The summed E-state index contributed by atoms with van der Waals surface area (Å²) in [4.78, 5) is 0. The van der Waals surface area contributed by atoms with Crippen LogP contribution in [0.15, 0.2) is 30.3 Å². The fraction of sp³-hybridized carbons (Fsp3) is 0.500. The summed E-state index contributed by atoms with van der Waals surface area (Å²) in [5.74, 6) is -2.72. The quantitative estimate of drug-likeness (QED) is 0.716. The van der Waals surface area contributed by atoms with Crippen LogP contribution in [0.25, 0.3) is 0 Å². The Morgan fingerprint density at radius 2 is 1.80 bits per heavy atom. The second-order valence-electron chi connectivity index (χ2n) is 3.57. The van der Waals surface area contributed by atoms with Gasteiger partial charge in [-0.3, -0.25) is 0 Å². The average molecular weight is 213 g/mol. The van der Waals surface area contributed by atoms with Gasteiger partial charge in [-0.2, -0.15) is 0 Å². The van der Waals surface area contributed by atoms with Crippen molar-refractivity contribution >= 4 is 0 Å². The Morgan fingerprint density at radius 1 is 1.13 bits per heavy atom. The van der Waals surface area contributed by atoms with Crippen molar-refractivity contribution in [2.75, 3.05) is 13.1 Å². The summed E-state index contributed by atoms with van der Waals surface area (Å²) in [6.45, 7) is 3.17. The molecule has 0 aliphatic rings. The van der Waals surface area contributed by atoms with Crippen LogP contribution in [0.3, 0.4) is 0 Å². The summed E-state index contributed by atoms with van der Waals surface area (Å²) in [7, 11) is 0. The third kappa shape index (κ3) is 3.96. The number of halogens is 2.